The summed E-state index contributed by atoms with van der Waals surface area (Å²) in [4.78, 5) is 31.2. The minimum absolute atomic E-state index is 0.105. The van der Waals surface area contributed by atoms with Crippen molar-refractivity contribution in [3.05, 3.63) is 72.9 Å². The standard InChI is InChI=1S/C11H12O2.C9H14O3.C3H4O2/c1-9(2)11(12)13-8-10-6-4-3-5-7-10;1-7(2)9(10)12-6-8-4-3-5-11-8;1-2-3(4)5/h3-7H,1,8H2,2H3;8H,1,3-6H2,2H3;2H,1H2,(H,4,5). The Balaban J connectivity index is 0.000000461. The molecule has 1 fully saturated rings. The van der Waals surface area contributed by atoms with Gasteiger partial charge >= 0.3 is 17.9 Å². The Kier molecular flexibility index (Phi) is 14.0. The maximum absolute atomic E-state index is 11.0. The van der Waals surface area contributed by atoms with Gasteiger partial charge in [-0.05, 0) is 32.3 Å². The number of hydrogen-bond donors (Lipinski definition) is 1. The zero-order valence-electron chi connectivity index (χ0n) is 17.6. The van der Waals surface area contributed by atoms with Crippen LogP contribution in [0, 0.1) is 0 Å². The highest BCUT2D eigenvalue weighted by Crippen LogP contribution is 2.12. The predicted molar refractivity (Wildman–Crippen MR) is 114 cm³/mol. The number of carbonyl (C=O) groups excluding carboxylic acids is 2. The van der Waals surface area contributed by atoms with E-state index in [4.69, 9.17) is 19.3 Å². The molecular weight excluding hydrogens is 388 g/mol. The highest BCUT2D eigenvalue weighted by Gasteiger charge is 2.17. The van der Waals surface area contributed by atoms with Crippen molar-refractivity contribution in [2.24, 2.45) is 0 Å². The lowest BCUT2D eigenvalue weighted by atomic mass is 10.2. The van der Waals surface area contributed by atoms with Crippen molar-refractivity contribution >= 4 is 17.9 Å². The Morgan fingerprint density at radius 3 is 2.07 bits per heavy atom. The zero-order valence-corrected chi connectivity index (χ0v) is 17.6. The van der Waals surface area contributed by atoms with E-state index in [9.17, 15) is 14.4 Å². The smallest absolute Gasteiger partial charge is 0.333 e. The quantitative estimate of drug-likeness (QED) is 0.530. The summed E-state index contributed by atoms with van der Waals surface area (Å²) >= 11 is 0. The normalized spacial score (nSPS) is 14.0. The zero-order chi connectivity index (χ0) is 22.9. The average molecular weight is 418 g/mol. The Labute approximate surface area is 177 Å². The first kappa shape index (κ1) is 26.8. The van der Waals surface area contributed by atoms with Gasteiger partial charge in [-0.3, -0.25) is 0 Å². The van der Waals surface area contributed by atoms with E-state index in [2.05, 4.69) is 19.7 Å². The van der Waals surface area contributed by atoms with Crippen molar-refractivity contribution in [1.82, 2.24) is 0 Å². The molecule has 30 heavy (non-hydrogen) atoms. The maximum atomic E-state index is 11.0. The molecule has 1 N–H and O–H groups in total. The summed E-state index contributed by atoms with van der Waals surface area (Å²) in [7, 11) is 0. The minimum Gasteiger partial charge on any atom is -0.478 e. The highest BCUT2D eigenvalue weighted by molar-refractivity contribution is 5.87. The number of rotatable bonds is 7. The molecule has 2 rings (SSSR count). The first-order valence-corrected chi connectivity index (χ1v) is 9.33. The second-order valence-electron chi connectivity index (χ2n) is 6.40. The number of esters is 2. The molecular formula is C23H30O7. The molecule has 0 amide bonds. The minimum atomic E-state index is -0.981. The fourth-order valence-corrected chi connectivity index (χ4v) is 1.91. The van der Waals surface area contributed by atoms with E-state index < -0.39 is 5.97 Å². The number of carbonyl (C=O) groups is 3. The molecule has 1 atom stereocenters. The van der Waals surface area contributed by atoms with Crippen LogP contribution in [0.15, 0.2) is 67.3 Å². The largest absolute Gasteiger partial charge is 0.478 e. The fourth-order valence-electron chi connectivity index (χ4n) is 1.91. The number of ether oxygens (including phenoxy) is 3. The Bertz CT molecular complexity index is 716. The second kappa shape index (κ2) is 15.7. The van der Waals surface area contributed by atoms with Crippen LogP contribution in [0.1, 0.15) is 32.3 Å². The van der Waals surface area contributed by atoms with Gasteiger partial charge in [0.25, 0.3) is 0 Å². The van der Waals surface area contributed by atoms with Gasteiger partial charge in [-0.15, -0.1) is 0 Å². The Hall–Kier alpha value is -3.19. The summed E-state index contributed by atoms with van der Waals surface area (Å²) < 4.78 is 15.2. The van der Waals surface area contributed by atoms with Crippen molar-refractivity contribution in [2.75, 3.05) is 13.2 Å². The first-order valence-electron chi connectivity index (χ1n) is 9.33. The van der Waals surface area contributed by atoms with Crippen LogP contribution in [0.2, 0.25) is 0 Å². The summed E-state index contributed by atoms with van der Waals surface area (Å²) in [5.74, 6) is -1.65. The molecule has 164 valence electrons. The molecule has 1 unspecified atom stereocenters. The van der Waals surface area contributed by atoms with Crippen molar-refractivity contribution in [3.8, 4) is 0 Å². The van der Waals surface area contributed by atoms with E-state index in [0.29, 0.717) is 24.4 Å². The third-order valence-corrected chi connectivity index (χ3v) is 3.51. The molecule has 0 aliphatic carbocycles. The molecule has 1 saturated heterocycles. The molecule has 0 saturated carbocycles. The second-order valence-corrected chi connectivity index (χ2v) is 6.40. The van der Waals surface area contributed by atoms with Gasteiger partial charge in [0.2, 0.25) is 0 Å². The molecule has 1 aromatic rings. The van der Waals surface area contributed by atoms with Gasteiger partial charge in [-0.25, -0.2) is 14.4 Å². The van der Waals surface area contributed by atoms with E-state index in [1.165, 1.54) is 0 Å². The van der Waals surface area contributed by atoms with Gasteiger partial charge in [0.15, 0.2) is 0 Å². The molecule has 7 nitrogen and oxygen atoms in total. The SMILES string of the molecule is C=C(C)C(=O)OCC1CCCO1.C=C(C)C(=O)OCc1ccccc1.C=CC(=O)O. The number of hydrogen-bond acceptors (Lipinski definition) is 6. The summed E-state index contributed by atoms with van der Waals surface area (Å²) in [6.45, 7) is 14.7. The van der Waals surface area contributed by atoms with Crippen LogP contribution in [0.4, 0.5) is 0 Å². The fraction of sp³-hybridized carbons (Fsp3) is 0.348. The third-order valence-electron chi connectivity index (χ3n) is 3.51. The topological polar surface area (TPSA) is 99.1 Å². The molecule has 0 bridgehead atoms. The van der Waals surface area contributed by atoms with Gasteiger partial charge in [0.1, 0.15) is 13.2 Å². The van der Waals surface area contributed by atoms with E-state index in [1.807, 2.05) is 30.3 Å². The Morgan fingerprint density at radius 1 is 1.10 bits per heavy atom. The molecule has 1 aromatic carbocycles. The van der Waals surface area contributed by atoms with Crippen molar-refractivity contribution < 1.29 is 33.7 Å². The van der Waals surface area contributed by atoms with Crippen LogP contribution in [0.5, 0.6) is 0 Å². The van der Waals surface area contributed by atoms with E-state index in [0.717, 1.165) is 31.1 Å². The van der Waals surface area contributed by atoms with Crippen LogP contribution in [0.3, 0.4) is 0 Å². The number of carboxylic acid groups (broad SMARTS) is 1. The Morgan fingerprint density at radius 2 is 1.63 bits per heavy atom. The van der Waals surface area contributed by atoms with Gasteiger partial charge in [0.05, 0.1) is 6.10 Å². The van der Waals surface area contributed by atoms with Crippen LogP contribution >= 0.6 is 0 Å². The van der Waals surface area contributed by atoms with Crippen LogP contribution in [-0.2, 0) is 35.2 Å². The van der Waals surface area contributed by atoms with Gasteiger partial charge in [0, 0.05) is 23.8 Å². The third kappa shape index (κ3) is 13.9. The summed E-state index contributed by atoms with van der Waals surface area (Å²) in [5, 5.41) is 7.60. The van der Waals surface area contributed by atoms with Crippen molar-refractivity contribution in [3.63, 3.8) is 0 Å². The number of benzene rings is 1. The van der Waals surface area contributed by atoms with Crippen molar-refractivity contribution in [1.29, 1.82) is 0 Å². The van der Waals surface area contributed by atoms with Gasteiger partial charge < -0.3 is 19.3 Å². The van der Waals surface area contributed by atoms with Crippen LogP contribution in [-0.4, -0.2) is 42.3 Å². The average Bonchev–Trinajstić information content (AvgIpc) is 3.25. The molecule has 7 heteroatoms. The number of carboxylic acids is 1. The first-order chi connectivity index (χ1) is 14.2. The maximum Gasteiger partial charge on any atom is 0.333 e. The molecule has 1 aliphatic heterocycles. The summed E-state index contributed by atoms with van der Waals surface area (Å²) in [6, 6.07) is 9.55. The molecule has 0 radical (unpaired) electrons. The summed E-state index contributed by atoms with van der Waals surface area (Å²) in [6.07, 6.45) is 2.99. The van der Waals surface area contributed by atoms with Crippen LogP contribution in [0.25, 0.3) is 0 Å². The van der Waals surface area contributed by atoms with Crippen molar-refractivity contribution in [2.45, 2.75) is 39.4 Å². The van der Waals surface area contributed by atoms with E-state index >= 15 is 0 Å². The molecule has 0 aromatic heterocycles. The lowest BCUT2D eigenvalue weighted by molar-refractivity contribution is -0.142. The van der Waals surface area contributed by atoms with Gasteiger partial charge in [-0.2, -0.15) is 0 Å². The van der Waals surface area contributed by atoms with Gasteiger partial charge in [-0.1, -0.05) is 50.1 Å². The highest BCUT2D eigenvalue weighted by atomic mass is 16.6. The molecule has 1 aliphatic rings. The monoisotopic (exact) mass is 418 g/mol. The summed E-state index contributed by atoms with van der Waals surface area (Å²) in [5.41, 5.74) is 1.85. The van der Waals surface area contributed by atoms with Crippen LogP contribution < -0.4 is 0 Å². The van der Waals surface area contributed by atoms with E-state index in [-0.39, 0.29) is 18.0 Å². The predicted octanol–water partition coefficient (Wildman–Crippen LogP) is 3.85. The lowest BCUT2D eigenvalue weighted by Crippen LogP contribution is -2.17. The van der Waals surface area contributed by atoms with E-state index in [1.54, 1.807) is 13.8 Å². The molecule has 1 heterocycles. The number of aliphatic carboxylic acids is 1. The lowest BCUT2D eigenvalue weighted by Gasteiger charge is -2.09. The molecule has 0 spiro atoms.